The van der Waals surface area contributed by atoms with Gasteiger partial charge in [-0.15, -0.1) is 0 Å². The highest BCUT2D eigenvalue weighted by Crippen LogP contribution is 2.28. The summed E-state index contributed by atoms with van der Waals surface area (Å²) in [5.41, 5.74) is 2.23. The van der Waals surface area contributed by atoms with Crippen LogP contribution in [0.1, 0.15) is 12.5 Å². The lowest BCUT2D eigenvalue weighted by atomic mass is 10.2. The van der Waals surface area contributed by atoms with Gasteiger partial charge < -0.3 is 19.8 Å². The first-order valence-electron chi connectivity index (χ1n) is 8.16. The number of aromatic amines is 1. The average molecular weight is 407 g/mol. The Labute approximate surface area is 165 Å². The molecule has 9 heteroatoms. The molecule has 27 heavy (non-hydrogen) atoms. The summed E-state index contributed by atoms with van der Waals surface area (Å²) < 4.78 is 10.5. The minimum Gasteiger partial charge on any atom is -0.493 e. The smallest absolute Gasteiger partial charge is 0.233 e. The van der Waals surface area contributed by atoms with Gasteiger partial charge in [0.25, 0.3) is 0 Å². The van der Waals surface area contributed by atoms with Crippen LogP contribution >= 0.6 is 23.4 Å². The molecule has 0 bridgehead atoms. The second kappa shape index (κ2) is 8.49. The first-order chi connectivity index (χ1) is 13.0. The van der Waals surface area contributed by atoms with Crippen molar-refractivity contribution >= 4 is 40.4 Å². The molecular weight excluding hydrogens is 388 g/mol. The maximum absolute atomic E-state index is 12.4. The number of aromatic nitrogens is 3. The van der Waals surface area contributed by atoms with Gasteiger partial charge in [0, 0.05) is 12.7 Å². The summed E-state index contributed by atoms with van der Waals surface area (Å²) in [4.78, 5) is 24.0. The van der Waals surface area contributed by atoms with Gasteiger partial charge in [0.1, 0.15) is 0 Å². The maximum Gasteiger partial charge on any atom is 0.233 e. The number of amides is 1. The van der Waals surface area contributed by atoms with Gasteiger partial charge in [-0.2, -0.15) is 0 Å². The van der Waals surface area contributed by atoms with Gasteiger partial charge in [0.15, 0.2) is 22.3 Å². The molecule has 142 valence electrons. The van der Waals surface area contributed by atoms with E-state index in [2.05, 4.69) is 20.3 Å². The Kier molecular flexibility index (Phi) is 6.08. The minimum absolute atomic E-state index is 0.0961. The van der Waals surface area contributed by atoms with E-state index in [1.165, 1.54) is 11.8 Å². The van der Waals surface area contributed by atoms with E-state index in [1.807, 2.05) is 25.1 Å². The largest absolute Gasteiger partial charge is 0.493 e. The fourth-order valence-corrected chi connectivity index (χ4v) is 3.44. The number of fused-ring (bicyclic) bond motifs is 1. The highest BCUT2D eigenvalue weighted by molar-refractivity contribution is 8.00. The molecule has 2 N–H and O–H groups in total. The summed E-state index contributed by atoms with van der Waals surface area (Å²) in [6, 6.07) is 7.29. The number of carbonyl (C=O) groups excluding carboxylic acids is 1. The van der Waals surface area contributed by atoms with Gasteiger partial charge in [0.05, 0.1) is 30.0 Å². The quantitative estimate of drug-likeness (QED) is 0.584. The Balaban J connectivity index is 1.60. The van der Waals surface area contributed by atoms with Crippen LogP contribution in [-0.4, -0.2) is 40.3 Å². The molecular formula is C18H19ClN4O3S. The lowest BCUT2D eigenvalue weighted by Crippen LogP contribution is -2.30. The SMILES string of the molecule is COc1ccc(CNC(=O)[C@H](C)Sc2nc3ncc(Cl)cc3[nH]2)cc1OC. The molecule has 7 nitrogen and oxygen atoms in total. The number of nitrogens with zero attached hydrogens (tertiary/aromatic N) is 2. The number of ether oxygens (including phenoxy) is 2. The Hall–Kier alpha value is -2.45. The third-order valence-electron chi connectivity index (χ3n) is 3.85. The second-order valence-corrected chi connectivity index (χ2v) is 7.50. The number of imidazole rings is 1. The second-order valence-electron chi connectivity index (χ2n) is 5.73. The number of hydrogen-bond donors (Lipinski definition) is 2. The topological polar surface area (TPSA) is 89.1 Å². The zero-order chi connectivity index (χ0) is 19.4. The number of benzene rings is 1. The molecule has 2 heterocycles. The van der Waals surface area contributed by atoms with Gasteiger partial charge in [-0.25, -0.2) is 9.97 Å². The Morgan fingerprint density at radius 2 is 2.07 bits per heavy atom. The van der Waals surface area contributed by atoms with Gasteiger partial charge in [-0.3, -0.25) is 4.79 Å². The van der Waals surface area contributed by atoms with E-state index in [-0.39, 0.29) is 11.2 Å². The lowest BCUT2D eigenvalue weighted by Gasteiger charge is -2.12. The molecule has 0 aliphatic carbocycles. The molecule has 0 unspecified atom stereocenters. The van der Waals surface area contributed by atoms with Crippen molar-refractivity contribution in [3.05, 3.63) is 41.0 Å². The van der Waals surface area contributed by atoms with Crippen LogP contribution in [0.5, 0.6) is 11.5 Å². The van der Waals surface area contributed by atoms with Crippen LogP contribution in [0, 0.1) is 0 Å². The third-order valence-corrected chi connectivity index (χ3v) is 5.05. The zero-order valence-electron chi connectivity index (χ0n) is 15.1. The number of hydrogen-bond acceptors (Lipinski definition) is 6. The van der Waals surface area contributed by atoms with E-state index in [1.54, 1.807) is 26.5 Å². The standard InChI is InChI=1S/C18H19ClN4O3S/c1-10(27-18-22-13-7-12(19)9-20-16(13)23-18)17(24)21-8-11-4-5-14(25-2)15(6-11)26-3/h4-7,9-10H,8H2,1-3H3,(H,21,24)(H,20,22,23)/t10-/m0/s1. The van der Waals surface area contributed by atoms with Crippen LogP contribution in [0.2, 0.25) is 5.02 Å². The normalized spacial score (nSPS) is 12.0. The van der Waals surface area contributed by atoms with Crippen LogP contribution in [0.25, 0.3) is 11.2 Å². The number of halogens is 1. The molecule has 0 radical (unpaired) electrons. The predicted molar refractivity (Wildman–Crippen MR) is 106 cm³/mol. The van der Waals surface area contributed by atoms with Gasteiger partial charge in [-0.05, 0) is 30.7 Å². The Morgan fingerprint density at radius 1 is 1.30 bits per heavy atom. The van der Waals surface area contributed by atoms with Crippen molar-refractivity contribution in [1.82, 2.24) is 20.3 Å². The molecule has 2 aromatic heterocycles. The average Bonchev–Trinajstić information content (AvgIpc) is 3.06. The van der Waals surface area contributed by atoms with Gasteiger partial charge >= 0.3 is 0 Å². The van der Waals surface area contributed by atoms with Gasteiger partial charge in [0.2, 0.25) is 5.91 Å². The van der Waals surface area contributed by atoms with Gasteiger partial charge in [-0.1, -0.05) is 29.4 Å². The van der Waals surface area contributed by atoms with Crippen molar-refractivity contribution in [2.75, 3.05) is 14.2 Å². The molecule has 0 fully saturated rings. The molecule has 1 atom stereocenters. The number of methoxy groups -OCH3 is 2. The molecule has 3 aromatic rings. The van der Waals surface area contributed by atoms with Crippen molar-refractivity contribution in [3.8, 4) is 11.5 Å². The molecule has 3 rings (SSSR count). The summed E-state index contributed by atoms with van der Waals surface area (Å²) in [6.07, 6.45) is 1.54. The maximum atomic E-state index is 12.4. The van der Waals surface area contributed by atoms with Crippen molar-refractivity contribution in [2.24, 2.45) is 0 Å². The molecule has 0 saturated carbocycles. The van der Waals surface area contributed by atoms with Crippen LogP contribution in [0.4, 0.5) is 0 Å². The minimum atomic E-state index is -0.332. The van der Waals surface area contributed by atoms with E-state index in [0.29, 0.717) is 33.9 Å². The van der Waals surface area contributed by atoms with E-state index < -0.39 is 0 Å². The summed E-state index contributed by atoms with van der Waals surface area (Å²) in [5, 5.41) is 3.73. The lowest BCUT2D eigenvalue weighted by molar-refractivity contribution is -0.120. The van der Waals surface area contributed by atoms with E-state index in [0.717, 1.165) is 11.1 Å². The summed E-state index contributed by atoms with van der Waals surface area (Å²) in [7, 11) is 3.16. The van der Waals surface area contributed by atoms with E-state index in [4.69, 9.17) is 21.1 Å². The predicted octanol–water partition coefficient (Wildman–Crippen LogP) is 3.43. The number of pyridine rings is 1. The van der Waals surface area contributed by atoms with Crippen LogP contribution in [-0.2, 0) is 11.3 Å². The van der Waals surface area contributed by atoms with Crippen molar-refractivity contribution in [1.29, 1.82) is 0 Å². The first kappa shape index (κ1) is 19.3. The van der Waals surface area contributed by atoms with Crippen molar-refractivity contribution in [3.63, 3.8) is 0 Å². The fourth-order valence-electron chi connectivity index (χ4n) is 2.45. The number of rotatable bonds is 7. The molecule has 1 amide bonds. The monoisotopic (exact) mass is 406 g/mol. The molecule has 0 aliphatic heterocycles. The molecule has 0 saturated heterocycles. The Bertz CT molecular complexity index is 963. The first-order valence-corrected chi connectivity index (χ1v) is 9.42. The highest BCUT2D eigenvalue weighted by atomic mass is 35.5. The number of thioether (sulfide) groups is 1. The Morgan fingerprint density at radius 3 is 2.81 bits per heavy atom. The van der Waals surface area contributed by atoms with Crippen LogP contribution < -0.4 is 14.8 Å². The van der Waals surface area contributed by atoms with Crippen LogP contribution in [0.3, 0.4) is 0 Å². The molecule has 0 aliphatic rings. The summed E-state index contributed by atoms with van der Waals surface area (Å²) in [6.45, 7) is 2.21. The van der Waals surface area contributed by atoms with Crippen molar-refractivity contribution < 1.29 is 14.3 Å². The van der Waals surface area contributed by atoms with E-state index >= 15 is 0 Å². The molecule has 0 spiro atoms. The number of H-pyrrole nitrogens is 1. The fraction of sp³-hybridized carbons (Fsp3) is 0.278. The third kappa shape index (κ3) is 4.64. The number of carbonyl (C=O) groups is 1. The van der Waals surface area contributed by atoms with E-state index in [9.17, 15) is 4.79 Å². The highest BCUT2D eigenvalue weighted by Gasteiger charge is 2.17. The van der Waals surface area contributed by atoms with Crippen LogP contribution in [0.15, 0.2) is 35.6 Å². The number of nitrogens with one attached hydrogen (secondary N) is 2. The zero-order valence-corrected chi connectivity index (χ0v) is 16.6. The molecule has 1 aromatic carbocycles. The van der Waals surface area contributed by atoms with Crippen molar-refractivity contribution in [2.45, 2.75) is 23.9 Å². The summed E-state index contributed by atoms with van der Waals surface area (Å²) in [5.74, 6) is 1.18. The summed E-state index contributed by atoms with van der Waals surface area (Å²) >= 11 is 7.25.